The number of fused-ring (bicyclic) bond motifs is 1. The molecule has 0 saturated carbocycles. The van der Waals surface area contributed by atoms with Gasteiger partial charge in [-0.3, -0.25) is 4.79 Å². The third-order valence-corrected chi connectivity index (χ3v) is 5.15. The Labute approximate surface area is 176 Å². The molecule has 30 heavy (non-hydrogen) atoms. The van der Waals surface area contributed by atoms with Crippen molar-refractivity contribution in [1.29, 1.82) is 0 Å². The Morgan fingerprint density at radius 1 is 1.00 bits per heavy atom. The van der Waals surface area contributed by atoms with Crippen molar-refractivity contribution < 1.29 is 9.53 Å². The minimum Gasteiger partial charge on any atom is -0.481 e. The van der Waals surface area contributed by atoms with Crippen molar-refractivity contribution in [2.45, 2.75) is 25.9 Å². The van der Waals surface area contributed by atoms with Gasteiger partial charge >= 0.3 is 0 Å². The van der Waals surface area contributed by atoms with Crippen molar-refractivity contribution in [2.75, 3.05) is 5.32 Å². The van der Waals surface area contributed by atoms with Crippen LogP contribution in [0, 0.1) is 0 Å². The molecule has 1 aromatic heterocycles. The standard InChI is InChI=1S/C25H25N3O2/c1-18(30-21-11-7-4-8-12-21)25(29)26-20-14-15-23-22(17-20)27-24(28(23)2)16-13-19-9-5-3-6-10-19/h3-12,14-15,17-18H,13,16H2,1-2H3,(H,26,29)/t18-/m1/s1. The van der Waals surface area contributed by atoms with Crippen LogP contribution in [-0.2, 0) is 24.7 Å². The molecular weight excluding hydrogens is 374 g/mol. The van der Waals surface area contributed by atoms with Crippen LogP contribution in [0.3, 0.4) is 0 Å². The van der Waals surface area contributed by atoms with Gasteiger partial charge in [0.25, 0.3) is 5.91 Å². The molecule has 1 atom stereocenters. The van der Waals surface area contributed by atoms with Gasteiger partial charge in [-0.25, -0.2) is 4.98 Å². The molecule has 1 N–H and O–H groups in total. The molecule has 0 unspecified atom stereocenters. The van der Waals surface area contributed by atoms with Gasteiger partial charge in [0.2, 0.25) is 0 Å². The maximum Gasteiger partial charge on any atom is 0.265 e. The predicted octanol–water partition coefficient (Wildman–Crippen LogP) is 4.76. The lowest BCUT2D eigenvalue weighted by Crippen LogP contribution is -2.30. The second-order valence-electron chi connectivity index (χ2n) is 7.34. The van der Waals surface area contributed by atoms with Gasteiger partial charge in [-0.05, 0) is 49.2 Å². The summed E-state index contributed by atoms with van der Waals surface area (Å²) in [5.74, 6) is 1.50. The van der Waals surface area contributed by atoms with Crippen molar-refractivity contribution in [1.82, 2.24) is 9.55 Å². The molecule has 0 saturated heterocycles. The van der Waals surface area contributed by atoms with Crippen LogP contribution in [-0.4, -0.2) is 21.6 Å². The number of anilines is 1. The molecule has 152 valence electrons. The van der Waals surface area contributed by atoms with E-state index in [2.05, 4.69) is 34.1 Å². The number of hydrogen-bond acceptors (Lipinski definition) is 3. The second-order valence-corrected chi connectivity index (χ2v) is 7.34. The number of imidazole rings is 1. The molecule has 4 aromatic rings. The minimum atomic E-state index is -0.603. The van der Waals surface area contributed by atoms with Crippen molar-refractivity contribution in [3.63, 3.8) is 0 Å². The average molecular weight is 399 g/mol. The van der Waals surface area contributed by atoms with Gasteiger partial charge in [-0.15, -0.1) is 0 Å². The lowest BCUT2D eigenvalue weighted by Gasteiger charge is -2.14. The highest BCUT2D eigenvalue weighted by Crippen LogP contribution is 2.21. The van der Waals surface area contributed by atoms with Gasteiger partial charge in [0.15, 0.2) is 6.10 Å². The third kappa shape index (κ3) is 4.51. The van der Waals surface area contributed by atoms with E-state index in [1.807, 2.05) is 61.6 Å². The largest absolute Gasteiger partial charge is 0.481 e. The van der Waals surface area contributed by atoms with Crippen LogP contribution >= 0.6 is 0 Å². The second kappa shape index (κ2) is 8.82. The Bertz CT molecular complexity index is 1140. The fourth-order valence-electron chi connectivity index (χ4n) is 3.45. The maximum absolute atomic E-state index is 12.5. The number of carbonyl (C=O) groups excluding carboxylic acids is 1. The first-order valence-corrected chi connectivity index (χ1v) is 10.1. The van der Waals surface area contributed by atoms with Crippen LogP contribution in [0.1, 0.15) is 18.3 Å². The van der Waals surface area contributed by atoms with Crippen LogP contribution in [0.2, 0.25) is 0 Å². The number of carbonyl (C=O) groups is 1. The zero-order valence-electron chi connectivity index (χ0n) is 17.2. The highest BCUT2D eigenvalue weighted by molar-refractivity contribution is 5.95. The molecule has 0 bridgehead atoms. The van der Waals surface area contributed by atoms with Crippen LogP contribution in [0.4, 0.5) is 5.69 Å². The summed E-state index contributed by atoms with van der Waals surface area (Å²) in [5, 5.41) is 2.93. The van der Waals surface area contributed by atoms with Crippen LogP contribution in [0.15, 0.2) is 78.9 Å². The normalized spacial score (nSPS) is 11.9. The SMILES string of the molecule is C[C@@H](Oc1ccccc1)C(=O)Nc1ccc2c(c1)nc(CCc1ccccc1)n2C. The molecule has 0 aliphatic rings. The summed E-state index contributed by atoms with van der Waals surface area (Å²) in [6.07, 6.45) is 1.20. The van der Waals surface area contributed by atoms with E-state index in [9.17, 15) is 4.79 Å². The molecule has 3 aromatic carbocycles. The number of aromatic nitrogens is 2. The number of aryl methyl sites for hydroxylation is 3. The Morgan fingerprint density at radius 2 is 1.70 bits per heavy atom. The Hall–Kier alpha value is -3.60. The number of nitrogens with zero attached hydrogens (tertiary/aromatic N) is 2. The first-order valence-electron chi connectivity index (χ1n) is 10.1. The molecule has 5 nitrogen and oxygen atoms in total. The summed E-state index contributed by atoms with van der Waals surface area (Å²) in [7, 11) is 2.03. The van der Waals surface area contributed by atoms with Gasteiger partial charge in [-0.1, -0.05) is 48.5 Å². The van der Waals surface area contributed by atoms with Gasteiger partial charge in [-0.2, -0.15) is 0 Å². The number of ether oxygens (including phenoxy) is 1. The van der Waals surface area contributed by atoms with Crippen molar-refractivity contribution in [3.8, 4) is 5.75 Å². The third-order valence-electron chi connectivity index (χ3n) is 5.15. The molecule has 1 amide bonds. The molecule has 5 heteroatoms. The first-order chi connectivity index (χ1) is 14.6. The maximum atomic E-state index is 12.5. The number of nitrogens with one attached hydrogen (secondary N) is 1. The summed E-state index contributed by atoms with van der Waals surface area (Å²) in [5.41, 5.74) is 3.92. The molecule has 0 fully saturated rings. The highest BCUT2D eigenvalue weighted by atomic mass is 16.5. The molecular formula is C25H25N3O2. The van der Waals surface area contributed by atoms with E-state index in [-0.39, 0.29) is 5.91 Å². The number of rotatable bonds is 7. The van der Waals surface area contributed by atoms with E-state index in [0.717, 1.165) is 29.7 Å². The number of para-hydroxylation sites is 1. The zero-order chi connectivity index (χ0) is 20.9. The van der Waals surface area contributed by atoms with Crippen LogP contribution in [0.5, 0.6) is 5.75 Å². The Kier molecular flexibility index (Phi) is 5.80. The van der Waals surface area contributed by atoms with Crippen LogP contribution in [0.25, 0.3) is 11.0 Å². The van der Waals surface area contributed by atoms with E-state index in [4.69, 9.17) is 9.72 Å². The lowest BCUT2D eigenvalue weighted by atomic mass is 10.1. The van der Waals surface area contributed by atoms with E-state index in [0.29, 0.717) is 11.4 Å². The summed E-state index contributed by atoms with van der Waals surface area (Å²) >= 11 is 0. The number of amides is 1. The van der Waals surface area contributed by atoms with Crippen molar-refractivity contribution >= 4 is 22.6 Å². The zero-order valence-corrected chi connectivity index (χ0v) is 17.2. The summed E-state index contributed by atoms with van der Waals surface area (Å²) in [4.78, 5) is 17.3. The molecule has 0 aliphatic carbocycles. The first kappa shape index (κ1) is 19.7. The quantitative estimate of drug-likeness (QED) is 0.487. The van der Waals surface area contributed by atoms with Crippen molar-refractivity contribution in [2.24, 2.45) is 7.05 Å². The smallest absolute Gasteiger partial charge is 0.265 e. The van der Waals surface area contributed by atoms with E-state index >= 15 is 0 Å². The van der Waals surface area contributed by atoms with E-state index < -0.39 is 6.10 Å². The van der Waals surface area contributed by atoms with Gasteiger partial charge in [0, 0.05) is 19.2 Å². The Morgan fingerprint density at radius 3 is 2.43 bits per heavy atom. The van der Waals surface area contributed by atoms with E-state index in [1.54, 1.807) is 6.92 Å². The monoisotopic (exact) mass is 399 g/mol. The topological polar surface area (TPSA) is 56.1 Å². The number of benzene rings is 3. The molecule has 1 heterocycles. The summed E-state index contributed by atoms with van der Waals surface area (Å²) < 4.78 is 7.82. The van der Waals surface area contributed by atoms with Gasteiger partial charge in [0.1, 0.15) is 11.6 Å². The predicted molar refractivity (Wildman–Crippen MR) is 120 cm³/mol. The van der Waals surface area contributed by atoms with Gasteiger partial charge in [0.05, 0.1) is 11.0 Å². The minimum absolute atomic E-state index is 0.196. The molecule has 0 radical (unpaired) electrons. The fourth-order valence-corrected chi connectivity index (χ4v) is 3.45. The summed E-state index contributed by atoms with van der Waals surface area (Å²) in [6, 6.07) is 25.6. The summed E-state index contributed by atoms with van der Waals surface area (Å²) in [6.45, 7) is 1.74. The fraction of sp³-hybridized carbons (Fsp3) is 0.200. The van der Waals surface area contributed by atoms with E-state index in [1.165, 1.54) is 5.56 Å². The van der Waals surface area contributed by atoms with Crippen molar-refractivity contribution in [3.05, 3.63) is 90.3 Å². The molecule has 4 rings (SSSR count). The van der Waals surface area contributed by atoms with Gasteiger partial charge < -0.3 is 14.6 Å². The Balaban J connectivity index is 1.44. The molecule has 0 aliphatic heterocycles. The lowest BCUT2D eigenvalue weighted by molar-refractivity contribution is -0.122. The number of hydrogen-bond donors (Lipinski definition) is 1. The highest BCUT2D eigenvalue weighted by Gasteiger charge is 2.16. The van der Waals surface area contributed by atoms with Crippen LogP contribution < -0.4 is 10.1 Å². The average Bonchev–Trinajstić information content (AvgIpc) is 3.08. The molecule has 0 spiro atoms.